The number of sulfonamides is 1. The van der Waals surface area contributed by atoms with Crippen molar-refractivity contribution in [2.75, 3.05) is 13.6 Å². The minimum absolute atomic E-state index is 0.0221. The standard InChI is InChI=1S/C8H11BrF2N2O2S2/c1-13(4-7(10)11)17(14,15)6-2-5(3-12)16-8(6)9/h2,7H,3-4,12H2,1H3. The van der Waals surface area contributed by atoms with Crippen molar-refractivity contribution >= 4 is 37.3 Å². The second-order valence-electron chi connectivity index (χ2n) is 3.23. The molecule has 9 heteroatoms. The SMILES string of the molecule is CN(CC(F)F)S(=O)(=O)c1cc(CN)sc1Br. The second kappa shape index (κ2) is 5.70. The van der Waals surface area contributed by atoms with E-state index in [0.717, 1.165) is 7.05 Å². The topological polar surface area (TPSA) is 63.4 Å². The highest BCUT2D eigenvalue weighted by atomic mass is 79.9. The summed E-state index contributed by atoms with van der Waals surface area (Å²) in [5, 5.41) is 0. The quantitative estimate of drug-likeness (QED) is 0.883. The van der Waals surface area contributed by atoms with Gasteiger partial charge in [-0.25, -0.2) is 17.2 Å². The molecule has 0 bridgehead atoms. The van der Waals surface area contributed by atoms with E-state index < -0.39 is 23.0 Å². The third kappa shape index (κ3) is 3.44. The highest BCUT2D eigenvalue weighted by molar-refractivity contribution is 9.11. The Morgan fingerprint density at radius 1 is 1.59 bits per heavy atom. The van der Waals surface area contributed by atoms with Crippen LogP contribution in [0.25, 0.3) is 0 Å². The minimum atomic E-state index is -3.89. The monoisotopic (exact) mass is 348 g/mol. The van der Waals surface area contributed by atoms with Crippen LogP contribution in [0.5, 0.6) is 0 Å². The third-order valence-electron chi connectivity index (χ3n) is 1.99. The van der Waals surface area contributed by atoms with Crippen LogP contribution in [0.4, 0.5) is 8.78 Å². The summed E-state index contributed by atoms with van der Waals surface area (Å²) in [6, 6.07) is 1.39. The summed E-state index contributed by atoms with van der Waals surface area (Å²) in [5.74, 6) is 0. The van der Waals surface area contributed by atoms with Gasteiger partial charge < -0.3 is 5.73 Å². The molecule has 0 radical (unpaired) electrons. The summed E-state index contributed by atoms with van der Waals surface area (Å²) in [6.45, 7) is -0.625. The lowest BCUT2D eigenvalue weighted by Gasteiger charge is -2.15. The maximum Gasteiger partial charge on any atom is 0.252 e. The Morgan fingerprint density at radius 3 is 2.59 bits per heavy atom. The first kappa shape index (κ1) is 15.0. The highest BCUT2D eigenvalue weighted by Gasteiger charge is 2.27. The molecule has 0 atom stereocenters. The van der Waals surface area contributed by atoms with Crippen LogP contribution in [0.15, 0.2) is 14.7 Å². The van der Waals surface area contributed by atoms with Crippen molar-refractivity contribution in [3.8, 4) is 0 Å². The average molecular weight is 349 g/mol. The molecule has 0 saturated carbocycles. The van der Waals surface area contributed by atoms with Gasteiger partial charge >= 0.3 is 0 Å². The van der Waals surface area contributed by atoms with E-state index in [9.17, 15) is 17.2 Å². The van der Waals surface area contributed by atoms with Crippen LogP contribution in [-0.4, -0.2) is 32.7 Å². The summed E-state index contributed by atoms with van der Waals surface area (Å²) in [6.07, 6.45) is -2.71. The van der Waals surface area contributed by atoms with Gasteiger partial charge in [0.2, 0.25) is 10.0 Å². The van der Waals surface area contributed by atoms with Crippen molar-refractivity contribution in [1.82, 2.24) is 4.31 Å². The summed E-state index contributed by atoms with van der Waals surface area (Å²) >= 11 is 4.27. The smallest absolute Gasteiger partial charge is 0.252 e. The number of hydrogen-bond donors (Lipinski definition) is 1. The predicted molar refractivity (Wildman–Crippen MR) is 65.7 cm³/mol. The molecule has 0 fully saturated rings. The molecule has 0 aliphatic carbocycles. The summed E-state index contributed by atoms with van der Waals surface area (Å²) in [5.41, 5.74) is 5.39. The van der Waals surface area contributed by atoms with Gasteiger partial charge in [-0.15, -0.1) is 11.3 Å². The summed E-state index contributed by atoms with van der Waals surface area (Å²) < 4.78 is 49.2. The van der Waals surface area contributed by atoms with Gasteiger partial charge in [0.25, 0.3) is 6.43 Å². The molecule has 0 saturated heterocycles. The zero-order valence-electron chi connectivity index (χ0n) is 8.86. The molecule has 0 amide bonds. The molecule has 0 aliphatic rings. The molecule has 1 aromatic rings. The molecule has 2 N–H and O–H groups in total. The van der Waals surface area contributed by atoms with Crippen molar-refractivity contribution in [2.45, 2.75) is 17.9 Å². The average Bonchev–Trinajstić information content (AvgIpc) is 2.59. The molecule has 1 aromatic heterocycles. The van der Waals surface area contributed by atoms with Gasteiger partial charge in [-0.1, -0.05) is 0 Å². The van der Waals surface area contributed by atoms with Crippen molar-refractivity contribution < 1.29 is 17.2 Å². The van der Waals surface area contributed by atoms with Crippen LogP contribution >= 0.6 is 27.3 Å². The van der Waals surface area contributed by atoms with E-state index in [2.05, 4.69) is 15.9 Å². The molecule has 1 rings (SSSR count). The number of thiophene rings is 1. The summed E-state index contributed by atoms with van der Waals surface area (Å²) in [4.78, 5) is 0.645. The van der Waals surface area contributed by atoms with E-state index in [0.29, 0.717) is 13.0 Å². The van der Waals surface area contributed by atoms with E-state index in [1.165, 1.54) is 17.4 Å². The molecule has 4 nitrogen and oxygen atoms in total. The lowest BCUT2D eigenvalue weighted by atomic mass is 10.5. The van der Waals surface area contributed by atoms with Crippen LogP contribution in [0.2, 0.25) is 0 Å². The number of rotatable bonds is 5. The Bertz CT molecular complexity index is 490. The van der Waals surface area contributed by atoms with Crippen LogP contribution in [-0.2, 0) is 16.6 Å². The Hall–Kier alpha value is -0.0900. The lowest BCUT2D eigenvalue weighted by molar-refractivity contribution is 0.126. The van der Waals surface area contributed by atoms with Crippen molar-refractivity contribution in [1.29, 1.82) is 0 Å². The maximum atomic E-state index is 12.2. The van der Waals surface area contributed by atoms with E-state index in [4.69, 9.17) is 5.73 Å². The first-order valence-corrected chi connectivity index (χ1v) is 7.56. The van der Waals surface area contributed by atoms with E-state index in [1.54, 1.807) is 0 Å². The van der Waals surface area contributed by atoms with Crippen LogP contribution < -0.4 is 5.73 Å². The third-order valence-corrected chi connectivity index (χ3v) is 6.09. The normalized spacial score (nSPS) is 12.6. The van der Waals surface area contributed by atoms with E-state index in [-0.39, 0.29) is 11.4 Å². The fourth-order valence-corrected chi connectivity index (χ4v) is 4.79. The van der Waals surface area contributed by atoms with Gasteiger partial charge in [0.15, 0.2) is 0 Å². The minimum Gasteiger partial charge on any atom is -0.326 e. The van der Waals surface area contributed by atoms with E-state index >= 15 is 0 Å². The zero-order chi connectivity index (χ0) is 13.2. The fourth-order valence-electron chi connectivity index (χ4n) is 1.13. The molecular weight excluding hydrogens is 338 g/mol. The Morgan fingerprint density at radius 2 is 2.18 bits per heavy atom. The number of nitrogens with zero attached hydrogens (tertiary/aromatic N) is 1. The molecule has 0 aliphatic heterocycles. The van der Waals surface area contributed by atoms with Gasteiger partial charge in [0.05, 0.1) is 10.3 Å². The number of halogens is 3. The number of hydrogen-bond acceptors (Lipinski definition) is 4. The van der Waals surface area contributed by atoms with Gasteiger partial charge in [0.1, 0.15) is 4.90 Å². The van der Waals surface area contributed by atoms with Gasteiger partial charge in [-0.2, -0.15) is 4.31 Å². The van der Waals surface area contributed by atoms with Crippen molar-refractivity contribution in [2.24, 2.45) is 5.73 Å². The Balaban J connectivity index is 3.08. The van der Waals surface area contributed by atoms with Gasteiger partial charge in [0, 0.05) is 18.5 Å². The van der Waals surface area contributed by atoms with Crippen molar-refractivity contribution in [3.05, 3.63) is 14.7 Å². The van der Waals surface area contributed by atoms with Crippen LogP contribution in [0.3, 0.4) is 0 Å². The molecule has 98 valence electrons. The lowest BCUT2D eigenvalue weighted by Crippen LogP contribution is -2.31. The first-order chi connectivity index (χ1) is 7.78. The number of alkyl halides is 2. The molecular formula is C8H11BrF2N2O2S2. The van der Waals surface area contributed by atoms with Gasteiger partial charge in [-0.3, -0.25) is 0 Å². The Labute approximate surface area is 111 Å². The largest absolute Gasteiger partial charge is 0.326 e. The number of nitrogens with two attached hydrogens (primary N) is 1. The van der Waals surface area contributed by atoms with Crippen molar-refractivity contribution in [3.63, 3.8) is 0 Å². The molecule has 0 unspecified atom stereocenters. The molecule has 0 aromatic carbocycles. The van der Waals surface area contributed by atoms with Gasteiger partial charge in [-0.05, 0) is 22.0 Å². The second-order valence-corrected chi connectivity index (χ2v) is 7.70. The summed E-state index contributed by atoms with van der Waals surface area (Å²) in [7, 11) is -2.77. The zero-order valence-corrected chi connectivity index (χ0v) is 12.1. The predicted octanol–water partition coefficient (Wildman–Crippen LogP) is 1.85. The van der Waals surface area contributed by atoms with E-state index in [1.807, 2.05) is 0 Å². The van der Waals surface area contributed by atoms with Crippen LogP contribution in [0, 0.1) is 0 Å². The van der Waals surface area contributed by atoms with Crippen LogP contribution in [0.1, 0.15) is 4.88 Å². The maximum absolute atomic E-state index is 12.2. The highest BCUT2D eigenvalue weighted by Crippen LogP contribution is 2.33. The molecule has 0 spiro atoms. The first-order valence-electron chi connectivity index (χ1n) is 4.51. The molecule has 17 heavy (non-hydrogen) atoms. The molecule has 1 heterocycles. The fraction of sp³-hybridized carbons (Fsp3) is 0.500. The Kier molecular flexibility index (Phi) is 5.02.